The Hall–Kier alpha value is -2.46. The lowest BCUT2D eigenvalue weighted by atomic mass is 10.3. The molecule has 0 saturated heterocycles. The Morgan fingerprint density at radius 3 is 3.22 bits per heavy atom. The van der Waals surface area contributed by atoms with Gasteiger partial charge in [-0.25, -0.2) is 14.6 Å². The Labute approximate surface area is 106 Å². The van der Waals surface area contributed by atoms with Gasteiger partial charge in [0.25, 0.3) is 0 Å². The predicted molar refractivity (Wildman–Crippen MR) is 64.3 cm³/mol. The Balaban J connectivity index is 2.11. The van der Waals surface area contributed by atoms with Crippen molar-refractivity contribution < 1.29 is 0 Å². The van der Waals surface area contributed by atoms with Gasteiger partial charge in [0.05, 0.1) is 22.8 Å². The maximum absolute atomic E-state index is 9.10. The molecule has 0 fully saturated rings. The molecule has 3 aromatic heterocycles. The number of thiophene rings is 1. The lowest BCUT2D eigenvalue weighted by molar-refractivity contribution is 0.676. The lowest BCUT2D eigenvalue weighted by Gasteiger charge is -2.03. The molecule has 4 heterocycles. The van der Waals surface area contributed by atoms with Crippen molar-refractivity contribution in [1.29, 1.82) is 5.26 Å². The molecule has 0 spiro atoms. The van der Waals surface area contributed by atoms with Gasteiger partial charge in [-0.2, -0.15) is 10.4 Å². The Bertz CT molecular complexity index is 787. The molecule has 1 aliphatic heterocycles. The van der Waals surface area contributed by atoms with Gasteiger partial charge in [0, 0.05) is 0 Å². The van der Waals surface area contributed by atoms with E-state index in [1.807, 2.05) is 16.0 Å². The van der Waals surface area contributed by atoms with Crippen LogP contribution in [0.5, 0.6) is 0 Å². The van der Waals surface area contributed by atoms with Gasteiger partial charge in [-0.1, -0.05) is 0 Å². The highest BCUT2D eigenvalue weighted by Crippen LogP contribution is 2.34. The largest absolute Gasteiger partial charge is 0.298 e. The zero-order valence-electron chi connectivity index (χ0n) is 9.11. The highest BCUT2D eigenvalue weighted by molar-refractivity contribution is 7.14. The number of hydrogen-bond acceptors (Lipinski definition) is 5. The maximum atomic E-state index is 9.10. The SMILES string of the molecule is N#Cc1ncn2c1Cn1ncnc1-c1sccc1-2. The topological polar surface area (TPSA) is 72.3 Å². The third kappa shape index (κ3) is 1.07. The fraction of sp³-hybridized carbons (Fsp3) is 0.0909. The molecule has 0 aromatic carbocycles. The first kappa shape index (κ1) is 9.56. The summed E-state index contributed by atoms with van der Waals surface area (Å²) in [6.07, 6.45) is 3.22. The zero-order chi connectivity index (χ0) is 12.1. The summed E-state index contributed by atoms with van der Waals surface area (Å²) in [6.45, 7) is 0.514. The maximum Gasteiger partial charge on any atom is 0.170 e. The number of aromatic nitrogens is 5. The first-order valence-electron chi connectivity index (χ1n) is 5.31. The van der Waals surface area contributed by atoms with E-state index in [0.29, 0.717) is 12.2 Å². The van der Waals surface area contributed by atoms with E-state index in [2.05, 4.69) is 21.1 Å². The van der Waals surface area contributed by atoms with Crippen molar-refractivity contribution in [3.8, 4) is 22.5 Å². The van der Waals surface area contributed by atoms with Crippen LogP contribution in [0.3, 0.4) is 0 Å². The summed E-state index contributed by atoms with van der Waals surface area (Å²) in [4.78, 5) is 9.48. The van der Waals surface area contributed by atoms with Gasteiger partial charge in [-0.05, 0) is 11.4 Å². The molecule has 3 aromatic rings. The first-order chi connectivity index (χ1) is 8.88. The number of hydrogen-bond donors (Lipinski definition) is 0. The van der Waals surface area contributed by atoms with E-state index < -0.39 is 0 Å². The van der Waals surface area contributed by atoms with Crippen LogP contribution >= 0.6 is 11.3 Å². The summed E-state index contributed by atoms with van der Waals surface area (Å²) in [5.41, 5.74) is 2.30. The van der Waals surface area contributed by atoms with Crippen LogP contribution in [-0.2, 0) is 6.54 Å². The van der Waals surface area contributed by atoms with Gasteiger partial charge < -0.3 is 0 Å². The number of rotatable bonds is 0. The molecule has 0 unspecified atom stereocenters. The number of imidazole rings is 1. The second-order valence-electron chi connectivity index (χ2n) is 3.90. The highest BCUT2D eigenvalue weighted by atomic mass is 32.1. The van der Waals surface area contributed by atoms with Crippen LogP contribution in [-0.4, -0.2) is 24.3 Å². The fourth-order valence-electron chi connectivity index (χ4n) is 2.18. The van der Waals surface area contributed by atoms with Gasteiger partial charge in [0.2, 0.25) is 0 Å². The molecular weight excluding hydrogens is 248 g/mol. The number of fused-ring (bicyclic) bond motifs is 5. The average Bonchev–Trinajstić information content (AvgIpc) is 3.07. The molecule has 86 valence electrons. The van der Waals surface area contributed by atoms with Gasteiger partial charge in [-0.3, -0.25) is 4.57 Å². The van der Waals surface area contributed by atoms with Crippen molar-refractivity contribution in [3.63, 3.8) is 0 Å². The fourth-order valence-corrected chi connectivity index (χ4v) is 3.07. The molecule has 0 amide bonds. The monoisotopic (exact) mass is 254 g/mol. The molecule has 18 heavy (non-hydrogen) atoms. The van der Waals surface area contributed by atoms with Gasteiger partial charge >= 0.3 is 0 Å². The second kappa shape index (κ2) is 3.27. The van der Waals surface area contributed by atoms with Crippen LogP contribution < -0.4 is 0 Å². The summed E-state index contributed by atoms with van der Waals surface area (Å²) in [5.74, 6) is 0.840. The molecule has 0 atom stereocenters. The Kier molecular flexibility index (Phi) is 1.74. The molecule has 0 N–H and O–H groups in total. The molecule has 0 aliphatic carbocycles. The van der Waals surface area contributed by atoms with Crippen LogP contribution in [0.15, 0.2) is 24.1 Å². The third-order valence-corrected chi connectivity index (χ3v) is 3.89. The van der Waals surface area contributed by atoms with Crippen LogP contribution in [0, 0.1) is 11.3 Å². The smallest absolute Gasteiger partial charge is 0.170 e. The quantitative estimate of drug-likeness (QED) is 0.476. The second-order valence-corrected chi connectivity index (χ2v) is 4.81. The van der Waals surface area contributed by atoms with Crippen molar-refractivity contribution in [1.82, 2.24) is 24.3 Å². The van der Waals surface area contributed by atoms with E-state index in [4.69, 9.17) is 5.26 Å². The standard InChI is InChI=1S/C11H6N6S/c12-3-7-9-4-17-11(13-5-15-17)10-8(1-2-18-10)16(9)6-14-7/h1-2,5-6H,4H2. The molecule has 7 heteroatoms. The summed E-state index contributed by atoms with van der Waals surface area (Å²) >= 11 is 1.61. The molecule has 4 rings (SSSR count). The Morgan fingerprint density at radius 1 is 1.39 bits per heavy atom. The molecule has 0 saturated carbocycles. The minimum atomic E-state index is 0.440. The van der Waals surface area contributed by atoms with Crippen molar-refractivity contribution in [2.24, 2.45) is 0 Å². The van der Waals surface area contributed by atoms with E-state index in [0.717, 1.165) is 22.1 Å². The van der Waals surface area contributed by atoms with E-state index in [9.17, 15) is 0 Å². The summed E-state index contributed by atoms with van der Waals surface area (Å²) in [7, 11) is 0. The average molecular weight is 254 g/mol. The first-order valence-corrected chi connectivity index (χ1v) is 6.19. The highest BCUT2D eigenvalue weighted by Gasteiger charge is 2.24. The normalized spacial score (nSPS) is 12.2. The molecular formula is C11H6N6S. The number of nitriles is 1. The van der Waals surface area contributed by atoms with Crippen LogP contribution in [0.25, 0.3) is 16.4 Å². The van der Waals surface area contributed by atoms with Gasteiger partial charge in [-0.15, -0.1) is 11.3 Å². The molecule has 0 radical (unpaired) electrons. The van der Waals surface area contributed by atoms with Crippen molar-refractivity contribution >= 4 is 11.3 Å². The van der Waals surface area contributed by atoms with Crippen LogP contribution in [0.2, 0.25) is 0 Å². The van der Waals surface area contributed by atoms with Crippen LogP contribution in [0.1, 0.15) is 11.4 Å². The van der Waals surface area contributed by atoms with Crippen molar-refractivity contribution in [2.75, 3.05) is 0 Å². The molecule has 0 bridgehead atoms. The van der Waals surface area contributed by atoms with Crippen molar-refractivity contribution in [2.45, 2.75) is 6.54 Å². The minimum Gasteiger partial charge on any atom is -0.298 e. The van der Waals surface area contributed by atoms with E-state index >= 15 is 0 Å². The summed E-state index contributed by atoms with van der Waals surface area (Å²) in [6, 6.07) is 4.13. The zero-order valence-corrected chi connectivity index (χ0v) is 9.92. The van der Waals surface area contributed by atoms with Gasteiger partial charge in [0.15, 0.2) is 11.5 Å². The predicted octanol–water partition coefficient (Wildman–Crippen LogP) is 1.43. The Morgan fingerprint density at radius 2 is 2.33 bits per heavy atom. The minimum absolute atomic E-state index is 0.440. The molecule has 6 nitrogen and oxygen atoms in total. The summed E-state index contributed by atoms with van der Waals surface area (Å²) < 4.78 is 3.75. The van der Waals surface area contributed by atoms with Gasteiger partial charge in [0.1, 0.15) is 18.7 Å². The third-order valence-electron chi connectivity index (χ3n) is 2.99. The van der Waals surface area contributed by atoms with E-state index in [-0.39, 0.29) is 0 Å². The lowest BCUT2D eigenvalue weighted by Crippen LogP contribution is -2.05. The van der Waals surface area contributed by atoms with E-state index in [1.54, 1.807) is 22.3 Å². The van der Waals surface area contributed by atoms with Crippen molar-refractivity contribution in [3.05, 3.63) is 35.5 Å². The molecule has 1 aliphatic rings. The van der Waals surface area contributed by atoms with Crippen LogP contribution in [0.4, 0.5) is 0 Å². The van der Waals surface area contributed by atoms with E-state index in [1.165, 1.54) is 6.33 Å². The number of nitrogens with zero attached hydrogens (tertiary/aromatic N) is 6. The summed E-state index contributed by atoms with van der Waals surface area (Å²) in [5, 5.41) is 15.3.